The van der Waals surface area contributed by atoms with Gasteiger partial charge in [-0.3, -0.25) is 0 Å². The zero-order chi connectivity index (χ0) is 18.9. The maximum absolute atomic E-state index is 2.64. The molecule has 0 aliphatic heterocycles. The normalized spacial score (nSPS) is 34.9. The number of hydrogen-bond donors (Lipinski definition) is 0. The van der Waals surface area contributed by atoms with E-state index in [1.807, 2.05) is 0 Å². The first-order valence-electron chi connectivity index (χ1n) is 11.2. The molecule has 0 N–H and O–H groups in total. The van der Waals surface area contributed by atoms with Crippen LogP contribution in [0.5, 0.6) is 0 Å². The molecule has 0 radical (unpaired) electrons. The number of allylic oxidation sites excluding steroid dienone is 8. The third-order valence-electron chi connectivity index (χ3n) is 8.43. The number of fused-ring (bicyclic) bond motifs is 4. The summed E-state index contributed by atoms with van der Waals surface area (Å²) in [4.78, 5) is 0. The van der Waals surface area contributed by atoms with Crippen molar-refractivity contribution < 1.29 is 0 Å². The third-order valence-corrected chi connectivity index (χ3v) is 8.43. The van der Waals surface area contributed by atoms with Gasteiger partial charge in [0, 0.05) is 11.8 Å². The van der Waals surface area contributed by atoms with Crippen LogP contribution in [0.15, 0.2) is 72.4 Å². The molecule has 2 bridgehead atoms. The average Bonchev–Trinajstić information content (AvgIpc) is 3.49. The van der Waals surface area contributed by atoms with Gasteiger partial charge in [-0.1, -0.05) is 87.1 Å². The molecule has 5 aliphatic rings. The smallest absolute Gasteiger partial charge is 0.0252 e. The minimum Gasteiger partial charge on any atom is -0.0765 e. The second-order valence-electron chi connectivity index (χ2n) is 10.2. The van der Waals surface area contributed by atoms with Crippen LogP contribution in [0.2, 0.25) is 0 Å². The van der Waals surface area contributed by atoms with E-state index in [0.717, 1.165) is 17.8 Å². The number of hydrogen-bond acceptors (Lipinski definition) is 0. The minimum atomic E-state index is 0.119. The van der Waals surface area contributed by atoms with Gasteiger partial charge < -0.3 is 0 Å². The molecule has 0 saturated heterocycles. The van der Waals surface area contributed by atoms with Gasteiger partial charge in [0.05, 0.1) is 0 Å². The molecule has 5 unspecified atom stereocenters. The summed E-state index contributed by atoms with van der Waals surface area (Å²) in [6.07, 6.45) is 22.7. The molecule has 0 nitrogen and oxygen atoms in total. The van der Waals surface area contributed by atoms with Crippen LogP contribution in [0.1, 0.15) is 39.5 Å². The van der Waals surface area contributed by atoms with Crippen LogP contribution in [-0.2, 0) is 0 Å². The highest BCUT2D eigenvalue weighted by Crippen LogP contribution is 2.54. The lowest BCUT2D eigenvalue weighted by atomic mass is 9.68. The molecule has 6 rings (SSSR count). The van der Waals surface area contributed by atoms with Gasteiger partial charge in [0.25, 0.3) is 0 Å². The Kier molecular flexibility index (Phi) is 3.58. The van der Waals surface area contributed by atoms with E-state index in [1.54, 1.807) is 11.1 Å². The lowest BCUT2D eigenvalue weighted by Gasteiger charge is -2.36. The summed E-state index contributed by atoms with van der Waals surface area (Å²) in [6, 6.07) is 9.05. The highest BCUT2D eigenvalue weighted by Gasteiger charge is 2.43. The van der Waals surface area contributed by atoms with Gasteiger partial charge in [0.15, 0.2) is 0 Å². The lowest BCUT2D eigenvalue weighted by Crippen LogP contribution is -2.32. The largest absolute Gasteiger partial charge is 0.0765 e. The van der Waals surface area contributed by atoms with Gasteiger partial charge >= 0.3 is 0 Å². The highest BCUT2D eigenvalue weighted by molar-refractivity contribution is 5.82. The van der Waals surface area contributed by atoms with Crippen molar-refractivity contribution in [3.05, 3.63) is 82.8 Å². The Labute approximate surface area is 168 Å². The van der Waals surface area contributed by atoms with Crippen LogP contribution in [0.4, 0.5) is 0 Å². The Hall–Kier alpha value is -2.08. The van der Waals surface area contributed by atoms with E-state index in [0.29, 0.717) is 11.8 Å². The Balaban J connectivity index is 1.41. The third kappa shape index (κ3) is 2.30. The molecule has 5 atom stereocenters. The van der Waals surface area contributed by atoms with Gasteiger partial charge in [0.2, 0.25) is 0 Å². The van der Waals surface area contributed by atoms with Crippen LogP contribution < -0.4 is 10.4 Å². The summed E-state index contributed by atoms with van der Waals surface area (Å²) in [5.74, 6) is 3.77. The van der Waals surface area contributed by atoms with Crippen molar-refractivity contribution in [3.8, 4) is 0 Å². The zero-order valence-electron chi connectivity index (χ0n) is 17.1. The van der Waals surface area contributed by atoms with Crippen molar-refractivity contribution in [1.29, 1.82) is 0 Å². The van der Waals surface area contributed by atoms with E-state index in [1.165, 1.54) is 41.7 Å². The predicted molar refractivity (Wildman–Crippen MR) is 118 cm³/mol. The molecule has 5 aliphatic carbocycles. The fourth-order valence-electron chi connectivity index (χ4n) is 7.00. The predicted octanol–water partition coefficient (Wildman–Crippen LogP) is 5.32. The summed E-state index contributed by atoms with van der Waals surface area (Å²) >= 11 is 0. The average molecular weight is 367 g/mol. The van der Waals surface area contributed by atoms with Crippen LogP contribution in [0, 0.1) is 35.0 Å². The molecule has 0 amide bonds. The summed E-state index contributed by atoms with van der Waals surface area (Å²) in [5.41, 5.74) is 4.87. The summed E-state index contributed by atoms with van der Waals surface area (Å²) in [6.45, 7) is 4.95. The van der Waals surface area contributed by atoms with Gasteiger partial charge in [-0.15, -0.1) is 0 Å². The minimum absolute atomic E-state index is 0.119. The Bertz CT molecular complexity index is 1070. The maximum atomic E-state index is 2.64. The van der Waals surface area contributed by atoms with Crippen LogP contribution >= 0.6 is 0 Å². The van der Waals surface area contributed by atoms with Crippen molar-refractivity contribution >= 4 is 11.1 Å². The van der Waals surface area contributed by atoms with Gasteiger partial charge in [-0.2, -0.15) is 0 Å². The van der Waals surface area contributed by atoms with Crippen molar-refractivity contribution in [2.75, 3.05) is 0 Å². The quantitative estimate of drug-likeness (QED) is 0.679. The monoisotopic (exact) mass is 366 g/mol. The Morgan fingerprint density at radius 1 is 0.893 bits per heavy atom. The number of rotatable bonds is 3. The zero-order valence-corrected chi connectivity index (χ0v) is 17.1. The molecule has 0 spiro atoms. The molecule has 28 heavy (non-hydrogen) atoms. The molecule has 1 aromatic carbocycles. The molecule has 142 valence electrons. The Morgan fingerprint density at radius 2 is 1.75 bits per heavy atom. The standard InChI is InChI=1S/C28H30/c1-28(2,21-14-13-20(17-21)26-16-18-11-12-19(26)15-18)27-24-9-5-3-7-22(24)23-8-4-6-10-25(23)27/h3-10,13-14,17-19,21,24,26H,11-12,15-16H2,1-2H3. The molecular formula is C28H30. The van der Waals surface area contributed by atoms with Gasteiger partial charge in [0.1, 0.15) is 0 Å². The second-order valence-corrected chi connectivity index (χ2v) is 10.2. The molecule has 0 heteroatoms. The van der Waals surface area contributed by atoms with E-state index >= 15 is 0 Å². The SMILES string of the molecule is CC(C)(C1=c2ccccc2=C2C=CC=CC21)C1C=CC(C2CC3CCC2C3)=C1. The molecule has 1 aromatic rings. The molecule has 0 aromatic heterocycles. The summed E-state index contributed by atoms with van der Waals surface area (Å²) < 4.78 is 0. The van der Waals surface area contributed by atoms with E-state index in [4.69, 9.17) is 0 Å². The van der Waals surface area contributed by atoms with Crippen LogP contribution in [-0.4, -0.2) is 0 Å². The molecule has 0 heterocycles. The van der Waals surface area contributed by atoms with E-state index < -0.39 is 0 Å². The van der Waals surface area contributed by atoms with Crippen LogP contribution in [0.25, 0.3) is 11.1 Å². The van der Waals surface area contributed by atoms with Gasteiger partial charge in [-0.25, -0.2) is 0 Å². The van der Waals surface area contributed by atoms with E-state index in [9.17, 15) is 0 Å². The van der Waals surface area contributed by atoms with Crippen molar-refractivity contribution in [1.82, 2.24) is 0 Å². The molecule has 2 fully saturated rings. The fourth-order valence-corrected chi connectivity index (χ4v) is 7.00. The van der Waals surface area contributed by atoms with Crippen molar-refractivity contribution in [2.45, 2.75) is 39.5 Å². The van der Waals surface area contributed by atoms with Gasteiger partial charge in [-0.05, 0) is 69.6 Å². The maximum Gasteiger partial charge on any atom is 0.0252 e. The highest BCUT2D eigenvalue weighted by atomic mass is 14.5. The van der Waals surface area contributed by atoms with Crippen LogP contribution in [0.3, 0.4) is 0 Å². The first-order valence-corrected chi connectivity index (χ1v) is 11.2. The van der Waals surface area contributed by atoms with Crippen molar-refractivity contribution in [2.24, 2.45) is 35.0 Å². The van der Waals surface area contributed by atoms with Crippen molar-refractivity contribution in [3.63, 3.8) is 0 Å². The Morgan fingerprint density at radius 3 is 2.54 bits per heavy atom. The lowest BCUT2D eigenvalue weighted by molar-refractivity contribution is 0.377. The summed E-state index contributed by atoms with van der Waals surface area (Å²) in [7, 11) is 0. The summed E-state index contributed by atoms with van der Waals surface area (Å²) in [5, 5.41) is 2.91. The molecule has 2 saturated carbocycles. The number of benzene rings is 1. The second kappa shape index (κ2) is 5.96. The first kappa shape index (κ1) is 16.8. The fraction of sp³-hybridized carbons (Fsp3) is 0.429. The van der Waals surface area contributed by atoms with E-state index in [-0.39, 0.29) is 5.41 Å². The first-order chi connectivity index (χ1) is 13.6. The topological polar surface area (TPSA) is 0 Å². The molecular weight excluding hydrogens is 336 g/mol. The van der Waals surface area contributed by atoms with E-state index in [2.05, 4.69) is 80.6 Å².